The Hall–Kier alpha value is -2.18. The van der Waals surface area contributed by atoms with Crippen molar-refractivity contribution in [3.63, 3.8) is 0 Å². The van der Waals surface area contributed by atoms with Gasteiger partial charge in [-0.1, -0.05) is 17.7 Å². The third kappa shape index (κ3) is 3.18. The minimum atomic E-state index is -3.50. The van der Waals surface area contributed by atoms with E-state index >= 15 is 0 Å². The lowest BCUT2D eigenvalue weighted by Gasteiger charge is -2.02. The SMILES string of the molecule is O=S(=O)(Cc1ccn(-c2ccc(Cl)cc2)n1)c1ccccn1. The van der Waals surface area contributed by atoms with Crippen LogP contribution in [-0.4, -0.2) is 23.2 Å². The molecule has 2 aromatic heterocycles. The highest BCUT2D eigenvalue weighted by molar-refractivity contribution is 7.90. The highest BCUT2D eigenvalue weighted by Crippen LogP contribution is 2.16. The normalized spacial score (nSPS) is 11.5. The number of hydrogen-bond donors (Lipinski definition) is 0. The fraction of sp³-hybridized carbons (Fsp3) is 0.0667. The summed E-state index contributed by atoms with van der Waals surface area (Å²) in [6, 6.07) is 13.6. The topological polar surface area (TPSA) is 64.8 Å². The number of halogens is 1. The van der Waals surface area contributed by atoms with Crippen LogP contribution in [0.5, 0.6) is 0 Å². The molecule has 22 heavy (non-hydrogen) atoms. The zero-order chi connectivity index (χ0) is 15.6. The Morgan fingerprint density at radius 1 is 1.05 bits per heavy atom. The summed E-state index contributed by atoms with van der Waals surface area (Å²) in [6.07, 6.45) is 3.17. The minimum Gasteiger partial charge on any atom is -0.245 e. The molecule has 7 heteroatoms. The smallest absolute Gasteiger partial charge is 0.201 e. The maximum absolute atomic E-state index is 12.3. The van der Waals surface area contributed by atoms with Gasteiger partial charge in [-0.15, -0.1) is 0 Å². The Morgan fingerprint density at radius 3 is 2.50 bits per heavy atom. The van der Waals surface area contributed by atoms with Crippen LogP contribution >= 0.6 is 11.6 Å². The Morgan fingerprint density at radius 2 is 1.82 bits per heavy atom. The lowest BCUT2D eigenvalue weighted by Crippen LogP contribution is -2.07. The van der Waals surface area contributed by atoms with Crippen LogP contribution in [0.15, 0.2) is 66.0 Å². The Balaban J connectivity index is 1.84. The molecule has 2 heterocycles. The molecule has 0 amide bonds. The average molecular weight is 334 g/mol. The second-order valence-electron chi connectivity index (χ2n) is 4.66. The molecule has 3 aromatic rings. The van der Waals surface area contributed by atoms with Crippen molar-refractivity contribution in [3.8, 4) is 5.69 Å². The van der Waals surface area contributed by atoms with E-state index in [4.69, 9.17) is 11.6 Å². The van der Waals surface area contributed by atoms with E-state index in [1.807, 2.05) is 12.1 Å². The molecule has 1 aromatic carbocycles. The van der Waals surface area contributed by atoms with Crippen molar-refractivity contribution in [1.29, 1.82) is 0 Å². The first-order valence-electron chi connectivity index (χ1n) is 6.49. The molecule has 0 saturated heterocycles. The number of rotatable bonds is 4. The van der Waals surface area contributed by atoms with Crippen molar-refractivity contribution >= 4 is 21.4 Å². The quantitative estimate of drug-likeness (QED) is 0.736. The second kappa shape index (κ2) is 5.90. The Bertz CT molecular complexity index is 875. The fourth-order valence-electron chi connectivity index (χ4n) is 1.98. The zero-order valence-corrected chi connectivity index (χ0v) is 13.0. The summed E-state index contributed by atoms with van der Waals surface area (Å²) in [4.78, 5) is 3.88. The molecule has 5 nitrogen and oxygen atoms in total. The van der Waals surface area contributed by atoms with Gasteiger partial charge in [0.15, 0.2) is 5.03 Å². The van der Waals surface area contributed by atoms with Crippen molar-refractivity contribution in [3.05, 3.63) is 71.6 Å². The van der Waals surface area contributed by atoms with Gasteiger partial charge in [-0.05, 0) is 42.5 Å². The van der Waals surface area contributed by atoms with E-state index in [1.165, 1.54) is 12.3 Å². The van der Waals surface area contributed by atoms with Gasteiger partial charge in [0, 0.05) is 17.4 Å². The van der Waals surface area contributed by atoms with Crippen molar-refractivity contribution in [2.24, 2.45) is 0 Å². The lowest BCUT2D eigenvalue weighted by molar-refractivity contribution is 0.590. The number of benzene rings is 1. The number of sulfone groups is 1. The molecule has 0 saturated carbocycles. The van der Waals surface area contributed by atoms with Gasteiger partial charge in [-0.25, -0.2) is 18.1 Å². The zero-order valence-electron chi connectivity index (χ0n) is 11.4. The Labute approximate surface area is 133 Å². The molecular formula is C15H12ClN3O2S. The van der Waals surface area contributed by atoms with Gasteiger partial charge in [0.2, 0.25) is 9.84 Å². The maximum atomic E-state index is 12.3. The van der Waals surface area contributed by atoms with Gasteiger partial charge in [0.25, 0.3) is 0 Å². The predicted octanol–water partition coefficient (Wildman–Crippen LogP) is 2.89. The van der Waals surface area contributed by atoms with Crippen molar-refractivity contribution in [1.82, 2.24) is 14.8 Å². The van der Waals surface area contributed by atoms with Crippen LogP contribution in [0.4, 0.5) is 0 Å². The van der Waals surface area contributed by atoms with Gasteiger partial charge >= 0.3 is 0 Å². The fourth-order valence-corrected chi connectivity index (χ4v) is 3.30. The van der Waals surface area contributed by atoms with E-state index in [-0.39, 0.29) is 10.8 Å². The third-order valence-corrected chi connectivity index (χ3v) is 4.84. The van der Waals surface area contributed by atoms with Crippen LogP contribution in [0, 0.1) is 0 Å². The van der Waals surface area contributed by atoms with Crippen molar-refractivity contribution < 1.29 is 8.42 Å². The van der Waals surface area contributed by atoms with Gasteiger partial charge in [0.05, 0.1) is 11.4 Å². The molecule has 3 rings (SSSR count). The summed E-state index contributed by atoms with van der Waals surface area (Å²) in [7, 11) is -3.50. The molecule has 0 unspecified atom stereocenters. The molecule has 0 atom stereocenters. The lowest BCUT2D eigenvalue weighted by atomic mass is 10.3. The molecular weight excluding hydrogens is 322 g/mol. The first-order chi connectivity index (χ1) is 10.5. The molecule has 0 N–H and O–H groups in total. The van der Waals surface area contributed by atoms with Crippen LogP contribution in [0.3, 0.4) is 0 Å². The van der Waals surface area contributed by atoms with Gasteiger partial charge in [-0.3, -0.25) is 0 Å². The summed E-state index contributed by atoms with van der Waals surface area (Å²) >= 11 is 5.84. The monoisotopic (exact) mass is 333 g/mol. The van der Waals surface area contributed by atoms with E-state index in [0.29, 0.717) is 10.7 Å². The molecule has 0 spiro atoms. The maximum Gasteiger partial charge on any atom is 0.201 e. The number of hydrogen-bond acceptors (Lipinski definition) is 4. The molecule has 0 aliphatic carbocycles. The van der Waals surface area contributed by atoms with Crippen molar-refractivity contribution in [2.45, 2.75) is 10.8 Å². The molecule has 0 aliphatic heterocycles. The summed E-state index contributed by atoms with van der Waals surface area (Å²) in [5, 5.41) is 4.97. The minimum absolute atomic E-state index is 0.0519. The second-order valence-corrected chi connectivity index (χ2v) is 7.03. The van der Waals surface area contributed by atoms with E-state index < -0.39 is 9.84 Å². The van der Waals surface area contributed by atoms with Crippen LogP contribution in [-0.2, 0) is 15.6 Å². The van der Waals surface area contributed by atoms with Gasteiger partial charge in [-0.2, -0.15) is 5.10 Å². The van der Waals surface area contributed by atoms with E-state index in [9.17, 15) is 8.42 Å². The van der Waals surface area contributed by atoms with Crippen LogP contribution in [0.25, 0.3) is 5.69 Å². The van der Waals surface area contributed by atoms with Gasteiger partial charge < -0.3 is 0 Å². The summed E-state index contributed by atoms with van der Waals surface area (Å²) in [5.74, 6) is -0.190. The average Bonchev–Trinajstić information content (AvgIpc) is 2.97. The van der Waals surface area contributed by atoms with E-state index in [1.54, 1.807) is 41.2 Å². The summed E-state index contributed by atoms with van der Waals surface area (Å²) in [6.45, 7) is 0. The Kier molecular flexibility index (Phi) is 3.96. The van der Waals surface area contributed by atoms with Crippen molar-refractivity contribution in [2.75, 3.05) is 0 Å². The molecule has 0 fully saturated rings. The van der Waals surface area contributed by atoms with E-state index in [2.05, 4.69) is 10.1 Å². The number of pyridine rings is 1. The van der Waals surface area contributed by atoms with Crippen LogP contribution < -0.4 is 0 Å². The number of nitrogens with zero attached hydrogens (tertiary/aromatic N) is 3. The highest BCUT2D eigenvalue weighted by Gasteiger charge is 2.18. The third-order valence-electron chi connectivity index (χ3n) is 3.03. The summed E-state index contributed by atoms with van der Waals surface area (Å²) in [5.41, 5.74) is 1.27. The number of aromatic nitrogens is 3. The predicted molar refractivity (Wildman–Crippen MR) is 83.7 cm³/mol. The highest BCUT2D eigenvalue weighted by atomic mass is 35.5. The summed E-state index contributed by atoms with van der Waals surface area (Å²) < 4.78 is 26.1. The first kappa shape index (κ1) is 14.7. The van der Waals surface area contributed by atoms with Crippen LogP contribution in [0.2, 0.25) is 5.02 Å². The molecule has 0 bridgehead atoms. The largest absolute Gasteiger partial charge is 0.245 e. The van der Waals surface area contributed by atoms with Gasteiger partial charge in [0.1, 0.15) is 5.75 Å². The molecule has 0 radical (unpaired) electrons. The standard InChI is InChI=1S/C15H12ClN3O2S/c16-12-4-6-14(7-5-12)19-10-8-13(18-19)11-22(20,21)15-3-1-2-9-17-15/h1-10H,11H2. The van der Waals surface area contributed by atoms with E-state index in [0.717, 1.165) is 5.69 Å². The molecule has 0 aliphatic rings. The molecule has 112 valence electrons. The van der Waals surface area contributed by atoms with Crippen LogP contribution in [0.1, 0.15) is 5.69 Å². The first-order valence-corrected chi connectivity index (χ1v) is 8.52.